The van der Waals surface area contributed by atoms with Crippen LogP contribution in [0.1, 0.15) is 16.8 Å². The lowest BCUT2D eigenvalue weighted by molar-refractivity contribution is 0.706. The predicted octanol–water partition coefficient (Wildman–Crippen LogP) is 2.39. The molecule has 2 heterocycles. The summed E-state index contributed by atoms with van der Waals surface area (Å²) < 4.78 is 0. The maximum absolute atomic E-state index is 4.55. The van der Waals surface area contributed by atoms with Gasteiger partial charge in [0.05, 0.1) is 0 Å². The van der Waals surface area contributed by atoms with Crippen molar-refractivity contribution >= 4 is 11.8 Å². The van der Waals surface area contributed by atoms with Crippen molar-refractivity contribution in [3.63, 3.8) is 0 Å². The standard InChI is InChI=1S/C15H18N4/c1-11-9-14(16-2)18-15(17-11)19-8-7-12-5-3-4-6-13(12)10-19/h3-6,9H,7-8,10H2,1-2H3,(H,16,17,18). The van der Waals surface area contributed by atoms with E-state index < -0.39 is 0 Å². The highest BCUT2D eigenvalue weighted by atomic mass is 15.3. The van der Waals surface area contributed by atoms with Crippen molar-refractivity contribution in [1.29, 1.82) is 0 Å². The average Bonchev–Trinajstić information content (AvgIpc) is 2.46. The minimum atomic E-state index is 0.818. The Morgan fingerprint density at radius 1 is 1.16 bits per heavy atom. The molecule has 3 rings (SSSR count). The van der Waals surface area contributed by atoms with E-state index in [9.17, 15) is 0 Å². The Morgan fingerprint density at radius 3 is 2.74 bits per heavy atom. The van der Waals surface area contributed by atoms with E-state index in [1.807, 2.05) is 20.0 Å². The van der Waals surface area contributed by atoms with Gasteiger partial charge in [0.2, 0.25) is 5.95 Å². The number of nitrogens with zero attached hydrogens (tertiary/aromatic N) is 3. The third-order valence-electron chi connectivity index (χ3n) is 3.51. The summed E-state index contributed by atoms with van der Waals surface area (Å²) in [5.74, 6) is 1.69. The fourth-order valence-electron chi connectivity index (χ4n) is 2.49. The van der Waals surface area contributed by atoms with E-state index in [4.69, 9.17) is 0 Å². The number of aromatic nitrogens is 2. The Labute approximate surface area is 113 Å². The molecule has 2 aromatic rings. The second kappa shape index (κ2) is 4.88. The molecule has 0 aliphatic carbocycles. The smallest absolute Gasteiger partial charge is 0.227 e. The summed E-state index contributed by atoms with van der Waals surface area (Å²) in [5.41, 5.74) is 3.82. The van der Waals surface area contributed by atoms with Gasteiger partial charge in [-0.15, -0.1) is 0 Å². The second-order valence-electron chi connectivity index (χ2n) is 4.88. The van der Waals surface area contributed by atoms with E-state index >= 15 is 0 Å². The summed E-state index contributed by atoms with van der Waals surface area (Å²) in [6, 6.07) is 10.6. The van der Waals surface area contributed by atoms with Crippen LogP contribution in [-0.4, -0.2) is 23.6 Å². The molecule has 0 bridgehead atoms. The zero-order valence-corrected chi connectivity index (χ0v) is 11.3. The maximum Gasteiger partial charge on any atom is 0.227 e. The van der Waals surface area contributed by atoms with Crippen LogP contribution in [0.2, 0.25) is 0 Å². The molecule has 0 atom stereocenters. The molecule has 4 nitrogen and oxygen atoms in total. The molecule has 0 spiro atoms. The Bertz CT molecular complexity index is 594. The highest BCUT2D eigenvalue weighted by Crippen LogP contribution is 2.22. The molecule has 0 unspecified atom stereocenters. The third kappa shape index (κ3) is 2.38. The van der Waals surface area contributed by atoms with Gasteiger partial charge in [-0.05, 0) is 24.5 Å². The number of benzene rings is 1. The van der Waals surface area contributed by atoms with Gasteiger partial charge in [0.1, 0.15) is 5.82 Å². The molecule has 19 heavy (non-hydrogen) atoms. The van der Waals surface area contributed by atoms with E-state index in [-0.39, 0.29) is 0 Å². The van der Waals surface area contributed by atoms with Gasteiger partial charge in [-0.25, -0.2) is 4.98 Å². The maximum atomic E-state index is 4.55. The molecular formula is C15H18N4. The van der Waals surface area contributed by atoms with Crippen LogP contribution >= 0.6 is 0 Å². The van der Waals surface area contributed by atoms with Gasteiger partial charge < -0.3 is 10.2 Å². The zero-order valence-electron chi connectivity index (χ0n) is 11.3. The van der Waals surface area contributed by atoms with E-state index in [1.54, 1.807) is 0 Å². The summed E-state index contributed by atoms with van der Waals surface area (Å²) in [7, 11) is 1.89. The monoisotopic (exact) mass is 254 g/mol. The molecule has 0 saturated heterocycles. The van der Waals surface area contributed by atoms with Gasteiger partial charge >= 0.3 is 0 Å². The van der Waals surface area contributed by atoms with Crippen LogP contribution in [0.5, 0.6) is 0 Å². The SMILES string of the molecule is CNc1cc(C)nc(N2CCc3ccccc3C2)n1. The second-order valence-corrected chi connectivity index (χ2v) is 4.88. The first kappa shape index (κ1) is 12.0. The first-order valence-corrected chi connectivity index (χ1v) is 6.61. The minimum absolute atomic E-state index is 0.818. The fourth-order valence-corrected chi connectivity index (χ4v) is 2.49. The molecule has 1 aromatic heterocycles. The number of fused-ring (bicyclic) bond motifs is 1. The van der Waals surface area contributed by atoms with Crippen LogP contribution < -0.4 is 10.2 Å². The van der Waals surface area contributed by atoms with Crippen LogP contribution in [0.4, 0.5) is 11.8 Å². The van der Waals surface area contributed by atoms with E-state index in [1.165, 1.54) is 11.1 Å². The Morgan fingerprint density at radius 2 is 1.95 bits per heavy atom. The van der Waals surface area contributed by atoms with Gasteiger partial charge in [-0.1, -0.05) is 24.3 Å². The van der Waals surface area contributed by atoms with Crippen molar-refractivity contribution in [2.75, 3.05) is 23.8 Å². The molecule has 0 fully saturated rings. The molecule has 98 valence electrons. The first-order valence-electron chi connectivity index (χ1n) is 6.61. The number of aryl methyl sites for hydroxylation is 1. The van der Waals surface area contributed by atoms with Crippen LogP contribution in [-0.2, 0) is 13.0 Å². The van der Waals surface area contributed by atoms with Gasteiger partial charge in [0, 0.05) is 31.9 Å². The van der Waals surface area contributed by atoms with E-state index in [0.29, 0.717) is 0 Å². The van der Waals surface area contributed by atoms with Gasteiger partial charge in [0.25, 0.3) is 0 Å². The van der Waals surface area contributed by atoms with Crippen molar-refractivity contribution in [2.24, 2.45) is 0 Å². The predicted molar refractivity (Wildman–Crippen MR) is 77.5 cm³/mol. The number of hydrogen-bond acceptors (Lipinski definition) is 4. The molecule has 0 amide bonds. The lowest BCUT2D eigenvalue weighted by Gasteiger charge is -2.29. The molecule has 1 aliphatic heterocycles. The van der Waals surface area contributed by atoms with E-state index in [2.05, 4.69) is 44.5 Å². The van der Waals surface area contributed by atoms with Crippen LogP contribution in [0, 0.1) is 6.92 Å². The molecule has 1 aromatic carbocycles. The molecule has 0 saturated carbocycles. The Balaban J connectivity index is 1.90. The molecule has 1 aliphatic rings. The highest BCUT2D eigenvalue weighted by Gasteiger charge is 2.18. The normalized spacial score (nSPS) is 14.1. The highest BCUT2D eigenvalue weighted by molar-refractivity contribution is 5.45. The van der Waals surface area contributed by atoms with Crippen molar-refractivity contribution in [3.05, 3.63) is 47.2 Å². The quantitative estimate of drug-likeness (QED) is 0.893. The van der Waals surface area contributed by atoms with Crippen molar-refractivity contribution in [2.45, 2.75) is 19.9 Å². The minimum Gasteiger partial charge on any atom is -0.373 e. The summed E-state index contributed by atoms with van der Waals surface area (Å²) in [4.78, 5) is 11.4. The molecule has 1 N–H and O–H groups in total. The summed E-state index contributed by atoms with van der Waals surface area (Å²) in [6.07, 6.45) is 1.06. The summed E-state index contributed by atoms with van der Waals surface area (Å²) >= 11 is 0. The Hall–Kier alpha value is -2.10. The van der Waals surface area contributed by atoms with Crippen LogP contribution in [0.15, 0.2) is 30.3 Å². The third-order valence-corrected chi connectivity index (χ3v) is 3.51. The lowest BCUT2D eigenvalue weighted by atomic mass is 10.0. The number of nitrogens with one attached hydrogen (secondary N) is 1. The van der Waals surface area contributed by atoms with Gasteiger partial charge in [0.15, 0.2) is 0 Å². The average molecular weight is 254 g/mol. The number of hydrogen-bond donors (Lipinski definition) is 1. The summed E-state index contributed by atoms with van der Waals surface area (Å²) in [5, 5.41) is 3.09. The molecule has 4 heteroatoms. The molecule has 0 radical (unpaired) electrons. The van der Waals surface area contributed by atoms with Gasteiger partial charge in [-0.2, -0.15) is 4.98 Å². The van der Waals surface area contributed by atoms with Crippen molar-refractivity contribution in [3.8, 4) is 0 Å². The first-order chi connectivity index (χ1) is 9.26. The lowest BCUT2D eigenvalue weighted by Crippen LogP contribution is -2.32. The van der Waals surface area contributed by atoms with Crippen molar-refractivity contribution < 1.29 is 0 Å². The van der Waals surface area contributed by atoms with Gasteiger partial charge in [-0.3, -0.25) is 0 Å². The Kier molecular flexibility index (Phi) is 3.07. The van der Waals surface area contributed by atoms with Crippen LogP contribution in [0.25, 0.3) is 0 Å². The fraction of sp³-hybridized carbons (Fsp3) is 0.333. The zero-order chi connectivity index (χ0) is 13.2. The molecular weight excluding hydrogens is 236 g/mol. The largest absolute Gasteiger partial charge is 0.373 e. The topological polar surface area (TPSA) is 41.1 Å². The number of rotatable bonds is 2. The number of anilines is 2. The van der Waals surface area contributed by atoms with Crippen molar-refractivity contribution in [1.82, 2.24) is 9.97 Å². The summed E-state index contributed by atoms with van der Waals surface area (Å²) in [6.45, 7) is 3.87. The van der Waals surface area contributed by atoms with Crippen LogP contribution in [0.3, 0.4) is 0 Å². The van der Waals surface area contributed by atoms with E-state index in [0.717, 1.165) is 37.0 Å².